The topological polar surface area (TPSA) is 193 Å². The molecule has 7 aromatic rings. The Kier molecular flexibility index (Phi) is 25.2. The normalized spacial score (nSPS) is 19.8. The van der Waals surface area contributed by atoms with Crippen molar-refractivity contribution in [2.75, 3.05) is 25.4 Å². The number of fused-ring (bicyclic) bond motifs is 7. The fourth-order valence-corrected chi connectivity index (χ4v) is 15.4. The summed E-state index contributed by atoms with van der Waals surface area (Å²) in [5.74, 6) is 1.44. The lowest BCUT2D eigenvalue weighted by Crippen LogP contribution is -2.38. The third-order valence-electron chi connectivity index (χ3n) is 19.3. The third-order valence-corrected chi connectivity index (χ3v) is 20.6. The maximum absolute atomic E-state index is 11.2. The molecule has 0 fully saturated rings. The monoisotopic (exact) mass is 1290 g/mol. The molecule has 15 rings (SSSR count). The zero-order valence-electron chi connectivity index (χ0n) is 54.7. The van der Waals surface area contributed by atoms with Crippen LogP contribution in [0.5, 0.6) is 0 Å². The Morgan fingerprint density at radius 1 is 0.587 bits per heavy atom. The summed E-state index contributed by atoms with van der Waals surface area (Å²) >= 11 is 11.7. The summed E-state index contributed by atoms with van der Waals surface area (Å²) in [5, 5.41) is 36.1. The van der Waals surface area contributed by atoms with Crippen molar-refractivity contribution in [3.63, 3.8) is 0 Å². The van der Waals surface area contributed by atoms with Crippen molar-refractivity contribution in [2.24, 2.45) is 20.8 Å². The van der Waals surface area contributed by atoms with Crippen LogP contribution in [0.1, 0.15) is 203 Å². The third kappa shape index (κ3) is 17.3. The van der Waals surface area contributed by atoms with Crippen LogP contribution in [0.15, 0.2) is 142 Å². The van der Waals surface area contributed by atoms with E-state index in [9.17, 15) is 9.90 Å². The van der Waals surface area contributed by atoms with Crippen LogP contribution in [-0.4, -0.2) is 56.9 Å². The maximum Gasteiger partial charge on any atom is 0.166 e. The quantitative estimate of drug-likeness (QED) is 0.0307. The van der Waals surface area contributed by atoms with Crippen molar-refractivity contribution in [2.45, 2.75) is 175 Å². The number of Topliss-reactive ketones (excluding diaryl/α,β-unsaturated/α-hetero) is 1. The van der Waals surface area contributed by atoms with Crippen LogP contribution < -0.4 is 21.7 Å². The molecule has 0 saturated carbocycles. The predicted molar refractivity (Wildman–Crippen MR) is 387 cm³/mol. The number of carbonyl (C=O) groups is 1. The Morgan fingerprint density at radius 2 is 1.03 bits per heavy atom. The van der Waals surface area contributed by atoms with E-state index in [1.807, 2.05) is 42.1 Å². The van der Waals surface area contributed by atoms with E-state index in [2.05, 4.69) is 199 Å². The molecular formula is C77H91N9O3S3. The molecule has 0 spiro atoms. The number of isothiocyanates is 1. The SMILES string of the molecule is Cc1cccc2c1CCC2=O.Cc1cccc2c1CCC2N.Cc1cccc2c1CCC2N=C=S.Cc1cccc2c1CCC2N=[N+]=[N-].Cc1cccc2c1CCC2NC(=S)NCCO.Cc1cccc2c1CCC2NC1=NCCS1.Cc1cccc2c1CCC2O. The molecule has 480 valence electrons. The van der Waals surface area contributed by atoms with E-state index in [-0.39, 0.29) is 24.8 Å². The summed E-state index contributed by atoms with van der Waals surface area (Å²) in [7, 11) is 0. The van der Waals surface area contributed by atoms with Gasteiger partial charge in [0.05, 0.1) is 48.6 Å². The molecule has 0 aromatic heterocycles. The first kappa shape index (κ1) is 69.1. The minimum atomic E-state index is -0.204. The summed E-state index contributed by atoms with van der Waals surface area (Å²) < 4.78 is 0. The van der Waals surface area contributed by atoms with Gasteiger partial charge in [0.15, 0.2) is 16.1 Å². The average molecular weight is 1290 g/mol. The maximum atomic E-state index is 11.2. The number of ketones is 1. The minimum Gasteiger partial charge on any atom is -0.395 e. The van der Waals surface area contributed by atoms with Gasteiger partial charge >= 0.3 is 0 Å². The zero-order chi connectivity index (χ0) is 65.3. The molecule has 12 nitrogen and oxygen atoms in total. The van der Waals surface area contributed by atoms with Crippen LogP contribution in [0.3, 0.4) is 0 Å². The number of hydrogen-bond acceptors (Lipinski definition) is 11. The van der Waals surface area contributed by atoms with E-state index in [0.717, 1.165) is 92.8 Å². The second kappa shape index (κ2) is 33.5. The molecule has 0 saturated heterocycles. The molecule has 15 heteroatoms. The number of carbonyl (C=O) groups excluding carboxylic acids is 1. The number of rotatable bonds is 6. The lowest BCUT2D eigenvalue weighted by atomic mass is 10.0. The van der Waals surface area contributed by atoms with Crippen molar-refractivity contribution in [3.05, 3.63) is 255 Å². The number of amidine groups is 1. The number of aryl methyl sites for hydroxylation is 7. The van der Waals surface area contributed by atoms with Gasteiger partial charge in [-0.2, -0.15) is 0 Å². The van der Waals surface area contributed by atoms with Crippen LogP contribution in [0, 0.1) is 48.5 Å². The molecule has 1 aliphatic heterocycles. The minimum absolute atomic E-state index is 0.0694. The van der Waals surface area contributed by atoms with E-state index in [0.29, 0.717) is 42.0 Å². The summed E-state index contributed by atoms with van der Waals surface area (Å²) in [6.07, 6.45) is 14.5. The molecule has 0 amide bonds. The Labute approximate surface area is 560 Å². The van der Waals surface area contributed by atoms with Crippen LogP contribution in [0.2, 0.25) is 0 Å². The van der Waals surface area contributed by atoms with Crippen LogP contribution in [0.4, 0.5) is 0 Å². The number of benzene rings is 7. The summed E-state index contributed by atoms with van der Waals surface area (Å²) in [5.41, 5.74) is 42.6. The van der Waals surface area contributed by atoms with Crippen molar-refractivity contribution in [1.29, 1.82) is 0 Å². The largest absolute Gasteiger partial charge is 0.395 e. The Hall–Kier alpha value is -7.29. The number of aliphatic imine (C=N–C) groups is 2. The van der Waals surface area contributed by atoms with Gasteiger partial charge in [-0.3, -0.25) is 9.79 Å². The number of nitrogens with zero attached hydrogens (tertiary/aromatic N) is 5. The Bertz CT molecular complexity index is 3750. The number of aliphatic hydroxyl groups excluding tert-OH is 2. The molecular weight excluding hydrogens is 1200 g/mol. The Balaban J connectivity index is 0.000000128. The highest BCUT2D eigenvalue weighted by Crippen LogP contribution is 2.39. The van der Waals surface area contributed by atoms with E-state index in [1.165, 1.54) is 119 Å². The van der Waals surface area contributed by atoms with Gasteiger partial charge < -0.3 is 31.9 Å². The van der Waals surface area contributed by atoms with Crippen LogP contribution in [0.25, 0.3) is 10.4 Å². The Morgan fingerprint density at radius 3 is 1.55 bits per heavy atom. The molecule has 92 heavy (non-hydrogen) atoms. The molecule has 7 N–H and O–H groups in total. The van der Waals surface area contributed by atoms with E-state index < -0.39 is 0 Å². The molecule has 8 aliphatic rings. The van der Waals surface area contributed by atoms with Gasteiger partial charge in [0.1, 0.15) is 0 Å². The van der Waals surface area contributed by atoms with Gasteiger partial charge in [-0.05, 0) is 273 Å². The number of azide groups is 1. The van der Waals surface area contributed by atoms with Crippen molar-refractivity contribution < 1.29 is 15.0 Å². The standard InChI is InChI=1S/C13H18N2OS.C13H16N2S.C11H11NS.C10H11N3.C10H13N.C10H12O.C10H10O/c1-9-3-2-4-11-10(9)5-6-12(11)15-13(17)14-7-8-16;1-9-3-2-4-11-10(9)5-6-12(11)15-13-14-7-8-16-13;1-8-3-2-4-10-9(8)5-6-11(10)12-7-13;1-7-3-2-4-9-8(7)5-6-10(9)12-13-11;3*1-7-3-2-4-9-8(7)5-6-10(9)11/h2-4,12,16H,5-8H2,1H3,(H2,14,15,17);2-4,12H,5-8H2,1H3,(H,14,15);2-4,11H,5-6H2,1H3;2-4,10H,5-6H2,1H3;2-4,10H,5-6,11H2,1H3;2-4,10-11H,5-6H2,1H3;2-4H,5-6H2,1H3. The van der Waals surface area contributed by atoms with Crippen molar-refractivity contribution in [1.82, 2.24) is 16.0 Å². The molecule has 1 heterocycles. The van der Waals surface area contributed by atoms with Crippen molar-refractivity contribution >= 4 is 57.4 Å². The molecule has 7 aromatic carbocycles. The van der Waals surface area contributed by atoms with Gasteiger partial charge in [-0.25, -0.2) is 4.99 Å². The van der Waals surface area contributed by atoms with E-state index in [1.54, 1.807) is 5.56 Å². The molecule has 7 aliphatic carbocycles. The summed E-state index contributed by atoms with van der Waals surface area (Å²) in [6, 6.07) is 45.6. The van der Waals surface area contributed by atoms with Crippen molar-refractivity contribution in [3.8, 4) is 0 Å². The number of thioether (sulfide) groups is 1. The van der Waals surface area contributed by atoms with Gasteiger partial charge in [-0.1, -0.05) is 144 Å². The molecule has 0 bridgehead atoms. The number of aliphatic hydroxyl groups is 2. The second-order valence-electron chi connectivity index (χ2n) is 25.1. The van der Waals surface area contributed by atoms with Gasteiger partial charge in [0, 0.05) is 35.2 Å². The molecule has 6 atom stereocenters. The number of nitrogens with one attached hydrogen (secondary N) is 3. The van der Waals surface area contributed by atoms with Gasteiger partial charge in [-0.15, -0.1) is 0 Å². The first-order valence-electron chi connectivity index (χ1n) is 32.8. The first-order chi connectivity index (χ1) is 44.6. The van der Waals surface area contributed by atoms with Gasteiger partial charge in [0.2, 0.25) is 0 Å². The highest BCUT2D eigenvalue weighted by molar-refractivity contribution is 8.14. The fraction of sp³-hybridized carbons (Fsp3) is 0.403. The highest BCUT2D eigenvalue weighted by Gasteiger charge is 2.28. The summed E-state index contributed by atoms with van der Waals surface area (Å²) in [4.78, 5) is 22.7. The number of nitrogens with two attached hydrogens (primary N) is 1. The van der Waals surface area contributed by atoms with Crippen LogP contribution >= 0.6 is 36.2 Å². The summed E-state index contributed by atoms with van der Waals surface area (Å²) in [6.45, 7) is 16.5. The lowest BCUT2D eigenvalue weighted by molar-refractivity contribution is 0.0994. The smallest absolute Gasteiger partial charge is 0.166 e. The molecule has 0 radical (unpaired) electrons. The second-order valence-corrected chi connectivity index (χ2v) is 26.8. The van der Waals surface area contributed by atoms with E-state index in [4.69, 9.17) is 28.6 Å². The highest BCUT2D eigenvalue weighted by atomic mass is 32.2. The fourth-order valence-electron chi connectivity index (χ4n) is 14.3. The number of hydrogen-bond donors (Lipinski definition) is 6. The van der Waals surface area contributed by atoms with E-state index >= 15 is 0 Å². The average Bonchev–Trinajstić information content (AvgIpc) is 1.91. The van der Waals surface area contributed by atoms with Gasteiger partial charge in [0.25, 0.3) is 0 Å². The van der Waals surface area contributed by atoms with Crippen LogP contribution in [-0.2, 0) is 44.9 Å². The lowest BCUT2D eigenvalue weighted by Gasteiger charge is -2.17. The zero-order valence-corrected chi connectivity index (χ0v) is 57.1. The molecule has 6 unspecified atom stereocenters. The predicted octanol–water partition coefficient (Wildman–Crippen LogP) is 16.5. The first-order valence-corrected chi connectivity index (χ1v) is 34.6. The number of thiocarbonyl (C=S) groups is 2.